The number of rotatable bonds is 3. The molecule has 0 aliphatic heterocycles. The van der Waals surface area contributed by atoms with Gasteiger partial charge in [0.1, 0.15) is 5.69 Å². The summed E-state index contributed by atoms with van der Waals surface area (Å²) in [6.45, 7) is 0. The van der Waals surface area contributed by atoms with Crippen LogP contribution in [0.2, 0.25) is 5.02 Å². The van der Waals surface area contributed by atoms with E-state index in [1.807, 2.05) is 29.2 Å². The van der Waals surface area contributed by atoms with E-state index in [1.54, 1.807) is 0 Å². The monoisotopic (exact) mass is 323 g/mol. The molecule has 0 radical (unpaired) electrons. The SMILES string of the molecule is ClSc1c[nH]c2c(-n3cc(C4CC4)cn3)c(Cl)ccc12. The minimum absolute atomic E-state index is 0.677. The third kappa shape index (κ3) is 1.94. The number of aromatic amines is 1. The lowest BCUT2D eigenvalue weighted by molar-refractivity contribution is 0.885. The molecule has 1 aliphatic rings. The van der Waals surface area contributed by atoms with Gasteiger partial charge >= 0.3 is 0 Å². The van der Waals surface area contributed by atoms with E-state index in [-0.39, 0.29) is 0 Å². The predicted octanol–water partition coefficient (Wildman–Crippen LogP) is 5.13. The highest BCUT2D eigenvalue weighted by molar-refractivity contribution is 8.21. The van der Waals surface area contributed by atoms with E-state index in [2.05, 4.69) is 16.3 Å². The summed E-state index contributed by atoms with van der Waals surface area (Å²) >= 11 is 6.37. The van der Waals surface area contributed by atoms with Crippen LogP contribution in [-0.2, 0) is 0 Å². The van der Waals surface area contributed by atoms with Crippen LogP contribution in [0.15, 0.2) is 35.6 Å². The molecule has 2 heterocycles. The van der Waals surface area contributed by atoms with E-state index < -0.39 is 0 Å². The molecule has 102 valence electrons. The molecule has 2 aromatic heterocycles. The molecule has 3 nitrogen and oxygen atoms in total. The van der Waals surface area contributed by atoms with Crippen LogP contribution in [0.1, 0.15) is 24.3 Å². The summed E-state index contributed by atoms with van der Waals surface area (Å²) < 4.78 is 1.86. The molecule has 1 aliphatic carbocycles. The smallest absolute Gasteiger partial charge is 0.107 e. The molecule has 1 fully saturated rings. The first-order valence-corrected chi connectivity index (χ1v) is 8.43. The van der Waals surface area contributed by atoms with Crippen molar-refractivity contribution >= 4 is 44.2 Å². The molecule has 1 aromatic carbocycles. The molecule has 0 bridgehead atoms. The van der Waals surface area contributed by atoms with Gasteiger partial charge in [0, 0.05) is 22.7 Å². The molecule has 1 N–H and O–H groups in total. The van der Waals surface area contributed by atoms with Gasteiger partial charge in [-0.2, -0.15) is 5.10 Å². The standard InChI is InChI=1S/C14H11Cl2N3S/c15-11-4-3-10-12(20-16)6-17-13(10)14(11)19-7-9(5-18-19)8-1-2-8/h3-8,17H,1-2H2. The van der Waals surface area contributed by atoms with Gasteiger partial charge in [-0.15, -0.1) is 0 Å². The van der Waals surface area contributed by atoms with Gasteiger partial charge in [-0.05, 0) is 52.0 Å². The zero-order valence-corrected chi connectivity index (χ0v) is 12.8. The molecule has 1 saturated carbocycles. The van der Waals surface area contributed by atoms with Crippen molar-refractivity contribution in [3.63, 3.8) is 0 Å². The van der Waals surface area contributed by atoms with Crippen LogP contribution < -0.4 is 0 Å². The molecule has 0 unspecified atom stereocenters. The van der Waals surface area contributed by atoms with Gasteiger partial charge in [0.25, 0.3) is 0 Å². The molecule has 0 saturated heterocycles. The fraction of sp³-hybridized carbons (Fsp3) is 0.214. The molecular weight excluding hydrogens is 313 g/mol. The second-order valence-electron chi connectivity index (χ2n) is 5.04. The van der Waals surface area contributed by atoms with Gasteiger partial charge in [0.2, 0.25) is 0 Å². The van der Waals surface area contributed by atoms with Crippen molar-refractivity contribution in [2.24, 2.45) is 0 Å². The quantitative estimate of drug-likeness (QED) is 0.724. The van der Waals surface area contributed by atoms with Crippen LogP contribution >= 0.6 is 33.3 Å². The van der Waals surface area contributed by atoms with E-state index in [9.17, 15) is 0 Å². The lowest BCUT2D eigenvalue weighted by atomic mass is 10.2. The van der Waals surface area contributed by atoms with E-state index >= 15 is 0 Å². The van der Waals surface area contributed by atoms with Gasteiger partial charge in [0.15, 0.2) is 0 Å². The minimum atomic E-state index is 0.677. The Bertz CT molecular complexity index is 789. The Morgan fingerprint density at radius 2 is 2.20 bits per heavy atom. The summed E-state index contributed by atoms with van der Waals surface area (Å²) in [6, 6.07) is 3.87. The maximum absolute atomic E-state index is 6.37. The van der Waals surface area contributed by atoms with E-state index in [0.29, 0.717) is 10.9 Å². The molecule has 3 aromatic rings. The van der Waals surface area contributed by atoms with Gasteiger partial charge in [0.05, 0.1) is 16.7 Å². The Kier molecular flexibility index (Phi) is 2.98. The summed E-state index contributed by atoms with van der Waals surface area (Å²) in [6.07, 6.45) is 8.44. The van der Waals surface area contributed by atoms with Crippen LogP contribution in [0.25, 0.3) is 16.6 Å². The number of aromatic nitrogens is 3. The molecule has 4 rings (SSSR count). The van der Waals surface area contributed by atoms with Crippen molar-refractivity contribution in [1.29, 1.82) is 0 Å². The summed E-state index contributed by atoms with van der Waals surface area (Å²) in [5.41, 5.74) is 3.13. The summed E-state index contributed by atoms with van der Waals surface area (Å²) in [5, 5.41) is 6.21. The van der Waals surface area contributed by atoms with Crippen LogP contribution in [-0.4, -0.2) is 14.8 Å². The Morgan fingerprint density at radius 1 is 1.35 bits per heavy atom. The number of H-pyrrole nitrogens is 1. The number of nitrogens with zero attached hydrogens (tertiary/aromatic N) is 2. The zero-order chi connectivity index (χ0) is 13.7. The number of benzene rings is 1. The van der Waals surface area contributed by atoms with Crippen LogP contribution in [0.3, 0.4) is 0 Å². The van der Waals surface area contributed by atoms with Crippen molar-refractivity contribution in [2.75, 3.05) is 0 Å². The lowest BCUT2D eigenvalue weighted by Crippen LogP contribution is -1.96. The van der Waals surface area contributed by atoms with E-state index in [0.717, 1.165) is 21.5 Å². The first kappa shape index (κ1) is 12.6. The third-order valence-electron chi connectivity index (χ3n) is 3.71. The largest absolute Gasteiger partial charge is 0.358 e. The number of fused-ring (bicyclic) bond motifs is 1. The molecule has 20 heavy (non-hydrogen) atoms. The average molecular weight is 324 g/mol. The first-order valence-electron chi connectivity index (χ1n) is 6.41. The summed E-state index contributed by atoms with van der Waals surface area (Å²) in [5.74, 6) is 0.680. The minimum Gasteiger partial charge on any atom is -0.358 e. The number of halogens is 2. The predicted molar refractivity (Wildman–Crippen MR) is 84.1 cm³/mol. The second-order valence-corrected chi connectivity index (χ2v) is 6.51. The maximum Gasteiger partial charge on any atom is 0.107 e. The van der Waals surface area contributed by atoms with Crippen molar-refractivity contribution < 1.29 is 0 Å². The van der Waals surface area contributed by atoms with Crippen molar-refractivity contribution in [1.82, 2.24) is 14.8 Å². The average Bonchev–Trinajstić information content (AvgIpc) is 3.05. The Balaban J connectivity index is 1.92. The molecule has 0 spiro atoms. The third-order valence-corrected chi connectivity index (χ3v) is 5.01. The number of hydrogen-bond donors (Lipinski definition) is 1. The first-order chi connectivity index (χ1) is 9.78. The van der Waals surface area contributed by atoms with Crippen molar-refractivity contribution in [2.45, 2.75) is 23.7 Å². The molecule has 6 heteroatoms. The molecule has 0 atom stereocenters. The molecule has 0 amide bonds. The van der Waals surface area contributed by atoms with Gasteiger partial charge in [-0.25, -0.2) is 4.68 Å². The van der Waals surface area contributed by atoms with Gasteiger partial charge < -0.3 is 4.98 Å². The molecular formula is C14H11Cl2N3S. The highest BCUT2D eigenvalue weighted by Crippen LogP contribution is 2.41. The number of nitrogens with one attached hydrogen (secondary N) is 1. The highest BCUT2D eigenvalue weighted by Gasteiger charge is 2.25. The summed E-state index contributed by atoms with van der Waals surface area (Å²) in [7, 11) is 7.08. The van der Waals surface area contributed by atoms with Crippen LogP contribution in [0, 0.1) is 0 Å². The van der Waals surface area contributed by atoms with E-state index in [1.165, 1.54) is 29.4 Å². The second kappa shape index (κ2) is 4.72. The zero-order valence-electron chi connectivity index (χ0n) is 10.4. The Labute approximate surface area is 129 Å². The fourth-order valence-electron chi connectivity index (χ4n) is 2.51. The fourth-order valence-corrected chi connectivity index (χ4v) is 3.49. The van der Waals surface area contributed by atoms with Crippen molar-refractivity contribution in [3.05, 3.63) is 41.3 Å². The maximum atomic E-state index is 6.37. The van der Waals surface area contributed by atoms with Crippen molar-refractivity contribution in [3.8, 4) is 5.69 Å². The summed E-state index contributed by atoms with van der Waals surface area (Å²) in [4.78, 5) is 4.25. The van der Waals surface area contributed by atoms with Gasteiger partial charge in [-0.1, -0.05) is 17.7 Å². The highest BCUT2D eigenvalue weighted by atomic mass is 35.7. The van der Waals surface area contributed by atoms with E-state index in [4.69, 9.17) is 22.3 Å². The Hall–Kier alpha value is -1.10. The van der Waals surface area contributed by atoms with Crippen LogP contribution in [0.4, 0.5) is 0 Å². The van der Waals surface area contributed by atoms with Gasteiger partial charge in [-0.3, -0.25) is 0 Å². The lowest BCUT2D eigenvalue weighted by Gasteiger charge is -2.06. The Morgan fingerprint density at radius 3 is 2.95 bits per heavy atom. The topological polar surface area (TPSA) is 33.6 Å². The normalized spacial score (nSPS) is 15.1. The number of hydrogen-bond acceptors (Lipinski definition) is 2. The van der Waals surface area contributed by atoms with Crippen LogP contribution in [0.5, 0.6) is 0 Å².